The van der Waals surface area contributed by atoms with Crippen molar-refractivity contribution >= 4 is 19.8 Å². The summed E-state index contributed by atoms with van der Waals surface area (Å²) >= 11 is 0. The summed E-state index contributed by atoms with van der Waals surface area (Å²) in [5, 5.41) is 18.2. The number of esters is 2. The van der Waals surface area contributed by atoms with Crippen LogP contribution in [0.5, 0.6) is 0 Å². The average Bonchev–Trinajstić information content (AvgIpc) is 3.12. The Labute approximate surface area is 310 Å². The molecule has 0 aliphatic carbocycles. The third-order valence-corrected chi connectivity index (χ3v) is 9.53. The first-order chi connectivity index (χ1) is 24.7. The van der Waals surface area contributed by atoms with E-state index in [0.717, 1.165) is 64.2 Å². The maximum Gasteiger partial charge on any atom is 0.306 e. The molecule has 0 bridgehead atoms. The number of aliphatic hydroxyl groups excluding tert-OH is 2. The summed E-state index contributed by atoms with van der Waals surface area (Å²) < 4.78 is 32.2. The first kappa shape index (κ1) is 49.5. The highest BCUT2D eigenvalue weighted by Gasteiger charge is 2.21. The highest BCUT2D eigenvalue weighted by molar-refractivity contribution is 7.45. The van der Waals surface area contributed by atoms with Gasteiger partial charge in [0.2, 0.25) is 0 Å². The maximum atomic E-state index is 12.5. The molecule has 0 radical (unpaired) electrons. The van der Waals surface area contributed by atoms with Gasteiger partial charge in [-0.3, -0.25) is 14.2 Å². The van der Waals surface area contributed by atoms with E-state index in [1.165, 1.54) is 77.0 Å². The Kier molecular flexibility index (Phi) is 35.7. The van der Waals surface area contributed by atoms with Gasteiger partial charge in [-0.05, 0) is 44.9 Å². The lowest BCUT2D eigenvalue weighted by atomic mass is 10.0. The molecule has 0 aliphatic rings. The van der Waals surface area contributed by atoms with Crippen LogP contribution in [0.3, 0.4) is 0 Å². The Morgan fingerprint density at radius 1 is 0.608 bits per heavy atom. The summed E-state index contributed by atoms with van der Waals surface area (Å²) in [6.45, 7) is 2.15. The molecule has 0 fully saturated rings. The zero-order valence-corrected chi connectivity index (χ0v) is 33.2. The van der Waals surface area contributed by atoms with Gasteiger partial charge in [-0.1, -0.05) is 147 Å². The van der Waals surface area contributed by atoms with E-state index < -0.39 is 51.8 Å². The number of carbonyl (C=O) groups excluding carboxylic acids is 2. The van der Waals surface area contributed by atoms with Crippen molar-refractivity contribution in [2.75, 3.05) is 26.4 Å². The monoisotopic (exact) mass is 746 g/mol. The molecule has 0 amide bonds. The van der Waals surface area contributed by atoms with Crippen molar-refractivity contribution < 1.29 is 47.8 Å². The van der Waals surface area contributed by atoms with Crippen LogP contribution in [0.4, 0.5) is 0 Å². The van der Waals surface area contributed by atoms with Crippen molar-refractivity contribution in [2.24, 2.45) is 0 Å². The minimum Gasteiger partial charge on any atom is -0.756 e. The Morgan fingerprint density at radius 2 is 1.04 bits per heavy atom. The fourth-order valence-corrected chi connectivity index (χ4v) is 6.21. The molecule has 0 aromatic heterocycles. The standard InChI is InChI=1S/C40H75O10P/c1-3-5-7-9-11-13-15-17-18-20-22-24-26-28-30-32-40(44)50-38(36-49-51(45,46)48-34-37(42)33-41)35-47-39(43)31-29-27-25-23-21-19-16-14-12-10-8-6-4-2/h11,13,17-18,37-38,41-42H,3-10,12,14-16,19-36H2,1-2H3,(H,45,46)/p-1/b13-11-,18-17-/t37?,38-/m1/s1. The predicted molar refractivity (Wildman–Crippen MR) is 203 cm³/mol. The third-order valence-electron chi connectivity index (χ3n) is 8.60. The Bertz CT molecular complexity index is 910. The van der Waals surface area contributed by atoms with Gasteiger partial charge in [-0.15, -0.1) is 0 Å². The van der Waals surface area contributed by atoms with E-state index in [1.54, 1.807) is 0 Å². The molecule has 0 aromatic rings. The van der Waals surface area contributed by atoms with E-state index >= 15 is 0 Å². The fraction of sp³-hybridized carbons (Fsp3) is 0.850. The van der Waals surface area contributed by atoms with E-state index in [-0.39, 0.29) is 19.4 Å². The summed E-state index contributed by atoms with van der Waals surface area (Å²) in [7, 11) is -4.86. The van der Waals surface area contributed by atoms with Gasteiger partial charge in [0.15, 0.2) is 6.10 Å². The highest BCUT2D eigenvalue weighted by atomic mass is 31.2. The fourth-order valence-electron chi connectivity index (χ4n) is 5.43. The normalized spacial score (nSPS) is 14.2. The average molecular weight is 746 g/mol. The van der Waals surface area contributed by atoms with E-state index in [4.69, 9.17) is 19.1 Å². The molecule has 0 saturated heterocycles. The van der Waals surface area contributed by atoms with Crippen LogP contribution in [-0.2, 0) is 32.7 Å². The Hall–Kier alpha value is -1.55. The molecule has 51 heavy (non-hydrogen) atoms. The molecule has 0 saturated carbocycles. The molecule has 0 rings (SSSR count). The Morgan fingerprint density at radius 3 is 1.57 bits per heavy atom. The molecular weight excluding hydrogens is 671 g/mol. The minimum atomic E-state index is -4.86. The molecular formula is C40H74O10P-. The zero-order chi connectivity index (χ0) is 37.7. The van der Waals surface area contributed by atoms with Gasteiger partial charge in [0.25, 0.3) is 7.82 Å². The zero-order valence-electron chi connectivity index (χ0n) is 32.3. The number of aliphatic hydroxyl groups is 2. The number of hydrogen-bond donors (Lipinski definition) is 2. The van der Waals surface area contributed by atoms with Crippen LogP contribution >= 0.6 is 7.82 Å². The summed E-state index contributed by atoms with van der Waals surface area (Å²) in [4.78, 5) is 37.0. The van der Waals surface area contributed by atoms with Crippen LogP contribution in [-0.4, -0.2) is 60.8 Å². The number of carbonyl (C=O) groups is 2. The lowest BCUT2D eigenvalue weighted by Crippen LogP contribution is -2.30. The molecule has 11 heteroatoms. The smallest absolute Gasteiger partial charge is 0.306 e. The SMILES string of the molecule is CCCCC/C=C\C/C=C\CCCCCCCC(=O)O[C@H](COC(=O)CCCCCCCCCCCCCCC)COP(=O)([O-])OCC(O)CO. The number of allylic oxidation sites excluding steroid dienone is 4. The third kappa shape index (κ3) is 36.6. The molecule has 3 atom stereocenters. The van der Waals surface area contributed by atoms with Crippen LogP contribution in [0.15, 0.2) is 24.3 Å². The van der Waals surface area contributed by atoms with Crippen molar-refractivity contribution in [3.63, 3.8) is 0 Å². The van der Waals surface area contributed by atoms with Gasteiger partial charge in [0.1, 0.15) is 12.7 Å². The lowest BCUT2D eigenvalue weighted by molar-refractivity contribution is -0.230. The minimum absolute atomic E-state index is 0.155. The quantitative estimate of drug-likeness (QED) is 0.0271. The second kappa shape index (κ2) is 36.8. The molecule has 2 N–H and O–H groups in total. The molecule has 0 heterocycles. The first-order valence-electron chi connectivity index (χ1n) is 20.3. The van der Waals surface area contributed by atoms with Gasteiger partial charge in [-0.25, -0.2) is 0 Å². The van der Waals surface area contributed by atoms with E-state index in [2.05, 4.69) is 42.7 Å². The predicted octanol–water partition coefficient (Wildman–Crippen LogP) is 9.59. The number of phosphoric acid groups is 1. The van der Waals surface area contributed by atoms with Gasteiger partial charge in [0, 0.05) is 12.8 Å². The number of phosphoric ester groups is 1. The second-order valence-corrected chi connectivity index (χ2v) is 15.1. The molecule has 0 aromatic carbocycles. The van der Waals surface area contributed by atoms with E-state index in [1.807, 2.05) is 0 Å². The Balaban J connectivity index is 4.35. The topological polar surface area (TPSA) is 152 Å². The largest absolute Gasteiger partial charge is 0.756 e. The van der Waals surface area contributed by atoms with Crippen LogP contribution < -0.4 is 4.89 Å². The van der Waals surface area contributed by atoms with Crippen molar-refractivity contribution in [3.8, 4) is 0 Å². The van der Waals surface area contributed by atoms with E-state index in [9.17, 15) is 24.2 Å². The van der Waals surface area contributed by atoms with Crippen LogP contribution in [0.1, 0.15) is 181 Å². The summed E-state index contributed by atoms with van der Waals surface area (Å²) in [6.07, 6.45) is 34.0. The van der Waals surface area contributed by atoms with Gasteiger partial charge in [-0.2, -0.15) is 0 Å². The molecule has 0 spiro atoms. The second-order valence-electron chi connectivity index (χ2n) is 13.6. The van der Waals surface area contributed by atoms with Crippen molar-refractivity contribution in [1.82, 2.24) is 0 Å². The van der Waals surface area contributed by atoms with Gasteiger partial charge in [0.05, 0.1) is 19.8 Å². The van der Waals surface area contributed by atoms with Gasteiger partial charge < -0.3 is 33.6 Å². The number of rotatable bonds is 38. The van der Waals surface area contributed by atoms with Crippen LogP contribution in [0.25, 0.3) is 0 Å². The molecule has 2 unspecified atom stereocenters. The number of ether oxygens (including phenoxy) is 2. The number of hydrogen-bond acceptors (Lipinski definition) is 10. The van der Waals surface area contributed by atoms with E-state index in [0.29, 0.717) is 12.8 Å². The lowest BCUT2D eigenvalue weighted by Gasteiger charge is -2.26. The van der Waals surface area contributed by atoms with Crippen LogP contribution in [0.2, 0.25) is 0 Å². The summed E-state index contributed by atoms with van der Waals surface area (Å²) in [5.74, 6) is -0.973. The summed E-state index contributed by atoms with van der Waals surface area (Å²) in [5.41, 5.74) is 0. The first-order valence-corrected chi connectivity index (χ1v) is 21.7. The van der Waals surface area contributed by atoms with Crippen LogP contribution in [0, 0.1) is 0 Å². The van der Waals surface area contributed by atoms with Crippen molar-refractivity contribution in [1.29, 1.82) is 0 Å². The summed E-state index contributed by atoms with van der Waals surface area (Å²) in [6, 6.07) is 0. The van der Waals surface area contributed by atoms with Crippen molar-refractivity contribution in [2.45, 2.75) is 193 Å². The number of unbranched alkanes of at least 4 members (excludes halogenated alkanes) is 20. The molecule has 300 valence electrons. The van der Waals surface area contributed by atoms with Crippen molar-refractivity contribution in [3.05, 3.63) is 24.3 Å². The molecule has 0 aliphatic heterocycles. The highest BCUT2D eigenvalue weighted by Crippen LogP contribution is 2.38. The maximum absolute atomic E-state index is 12.5. The molecule has 10 nitrogen and oxygen atoms in total. The van der Waals surface area contributed by atoms with Gasteiger partial charge >= 0.3 is 11.9 Å².